The van der Waals surface area contributed by atoms with E-state index < -0.39 is 36.7 Å². The minimum absolute atomic E-state index is 0.0496. The van der Waals surface area contributed by atoms with Gasteiger partial charge in [-0.3, -0.25) is 9.59 Å². The summed E-state index contributed by atoms with van der Waals surface area (Å²) in [4.78, 5) is 26.5. The standard InChI is InChI=1S/C15H18F4N2O4/c1-2-3-10(13(23)24)7-21-12(22)9-4-5-11(20-6-9)25-8-15(18,19)14(16)17/h4-6,10,14H,2-3,7-8H2,1H3,(H,21,22)(H,23,24). The topological polar surface area (TPSA) is 88.5 Å². The molecule has 1 atom stereocenters. The monoisotopic (exact) mass is 366 g/mol. The highest BCUT2D eigenvalue weighted by molar-refractivity contribution is 5.94. The van der Waals surface area contributed by atoms with E-state index in [1.165, 1.54) is 6.07 Å². The molecule has 0 aromatic carbocycles. The van der Waals surface area contributed by atoms with Gasteiger partial charge in [-0.25, -0.2) is 13.8 Å². The van der Waals surface area contributed by atoms with E-state index in [4.69, 9.17) is 5.11 Å². The van der Waals surface area contributed by atoms with Crippen molar-refractivity contribution in [3.63, 3.8) is 0 Å². The lowest BCUT2D eigenvalue weighted by Crippen LogP contribution is -2.34. The fourth-order valence-corrected chi connectivity index (χ4v) is 1.81. The van der Waals surface area contributed by atoms with Crippen LogP contribution in [0.3, 0.4) is 0 Å². The minimum Gasteiger partial charge on any atom is -0.481 e. The number of hydrogen-bond acceptors (Lipinski definition) is 4. The molecule has 0 spiro atoms. The Balaban J connectivity index is 2.58. The molecule has 0 aliphatic carbocycles. The zero-order chi connectivity index (χ0) is 19.0. The largest absolute Gasteiger partial charge is 0.481 e. The average molecular weight is 366 g/mol. The fraction of sp³-hybridized carbons (Fsp3) is 0.533. The highest BCUT2D eigenvalue weighted by atomic mass is 19.3. The van der Waals surface area contributed by atoms with Gasteiger partial charge >= 0.3 is 18.3 Å². The smallest absolute Gasteiger partial charge is 0.340 e. The average Bonchev–Trinajstić information content (AvgIpc) is 2.56. The number of ether oxygens (including phenoxy) is 1. The number of nitrogens with one attached hydrogen (secondary N) is 1. The highest BCUT2D eigenvalue weighted by Crippen LogP contribution is 2.23. The van der Waals surface area contributed by atoms with E-state index in [0.717, 1.165) is 12.3 Å². The first kappa shape index (κ1) is 20.7. The number of carbonyl (C=O) groups is 2. The Bertz CT molecular complexity index is 581. The number of carbonyl (C=O) groups excluding carboxylic acids is 1. The number of hydrogen-bond donors (Lipinski definition) is 2. The lowest BCUT2D eigenvalue weighted by molar-refractivity contribution is -0.148. The third kappa shape index (κ3) is 6.55. The van der Waals surface area contributed by atoms with Crippen LogP contribution in [0.4, 0.5) is 17.6 Å². The van der Waals surface area contributed by atoms with Crippen LogP contribution in [-0.4, -0.2) is 47.5 Å². The first-order valence-corrected chi connectivity index (χ1v) is 7.43. The van der Waals surface area contributed by atoms with E-state index in [1.807, 2.05) is 6.92 Å². The second-order valence-corrected chi connectivity index (χ2v) is 5.27. The maximum absolute atomic E-state index is 12.7. The quantitative estimate of drug-likeness (QED) is 0.622. The molecule has 1 unspecified atom stereocenters. The maximum Gasteiger partial charge on any atom is 0.340 e. The molecule has 0 fully saturated rings. The van der Waals surface area contributed by atoms with Crippen molar-refractivity contribution in [1.29, 1.82) is 0 Å². The van der Waals surface area contributed by atoms with Crippen LogP contribution in [0.1, 0.15) is 30.1 Å². The number of aliphatic carboxylic acids is 1. The third-order valence-electron chi connectivity index (χ3n) is 3.23. The van der Waals surface area contributed by atoms with E-state index in [-0.39, 0.29) is 18.0 Å². The molecule has 10 heteroatoms. The Labute approximate surface area is 141 Å². The van der Waals surface area contributed by atoms with Crippen molar-refractivity contribution in [3.05, 3.63) is 23.9 Å². The van der Waals surface area contributed by atoms with Crippen LogP contribution in [0.2, 0.25) is 0 Å². The second-order valence-electron chi connectivity index (χ2n) is 5.27. The molecule has 0 aliphatic heterocycles. The maximum atomic E-state index is 12.7. The summed E-state index contributed by atoms with van der Waals surface area (Å²) >= 11 is 0. The second kappa shape index (κ2) is 9.19. The van der Waals surface area contributed by atoms with E-state index in [0.29, 0.717) is 12.8 Å². The van der Waals surface area contributed by atoms with Gasteiger partial charge in [0.05, 0.1) is 11.5 Å². The van der Waals surface area contributed by atoms with E-state index in [2.05, 4.69) is 15.0 Å². The van der Waals surface area contributed by atoms with E-state index in [1.54, 1.807) is 0 Å². The molecule has 2 N–H and O–H groups in total. The molecular weight excluding hydrogens is 348 g/mol. The SMILES string of the molecule is CCCC(CNC(=O)c1ccc(OCC(F)(F)C(F)F)nc1)C(=O)O. The van der Waals surface area contributed by atoms with Gasteiger partial charge in [0.1, 0.15) is 0 Å². The summed E-state index contributed by atoms with van der Waals surface area (Å²) in [6, 6.07) is 2.28. The number of aromatic nitrogens is 1. The molecule has 1 amide bonds. The normalized spacial score (nSPS) is 12.7. The molecule has 1 aromatic rings. The minimum atomic E-state index is -4.30. The zero-order valence-electron chi connectivity index (χ0n) is 13.3. The summed E-state index contributed by atoms with van der Waals surface area (Å²) in [5, 5.41) is 11.4. The number of nitrogens with zero attached hydrogens (tertiary/aromatic N) is 1. The molecule has 140 valence electrons. The molecule has 0 bridgehead atoms. The molecule has 1 rings (SSSR count). The summed E-state index contributed by atoms with van der Waals surface area (Å²) in [6.45, 7) is 0.208. The molecule has 25 heavy (non-hydrogen) atoms. The number of alkyl halides is 4. The first-order chi connectivity index (χ1) is 11.7. The van der Waals surface area contributed by atoms with Crippen LogP contribution < -0.4 is 10.1 Å². The van der Waals surface area contributed by atoms with E-state index in [9.17, 15) is 27.2 Å². The predicted molar refractivity (Wildman–Crippen MR) is 79.1 cm³/mol. The van der Waals surface area contributed by atoms with Gasteiger partial charge in [-0.1, -0.05) is 13.3 Å². The van der Waals surface area contributed by atoms with Crippen molar-refractivity contribution in [2.75, 3.05) is 13.2 Å². The van der Waals surface area contributed by atoms with Crippen LogP contribution in [0.15, 0.2) is 18.3 Å². The van der Waals surface area contributed by atoms with Crippen LogP contribution in [0.25, 0.3) is 0 Å². The first-order valence-electron chi connectivity index (χ1n) is 7.43. The Kier molecular flexibility index (Phi) is 7.59. The Morgan fingerprint density at radius 3 is 2.52 bits per heavy atom. The summed E-state index contributed by atoms with van der Waals surface area (Å²) in [7, 11) is 0. The van der Waals surface area contributed by atoms with Crippen molar-refractivity contribution in [3.8, 4) is 5.88 Å². The molecule has 6 nitrogen and oxygen atoms in total. The van der Waals surface area contributed by atoms with Crippen LogP contribution in [0.5, 0.6) is 5.88 Å². The Hall–Kier alpha value is -2.39. The van der Waals surface area contributed by atoms with Crippen LogP contribution >= 0.6 is 0 Å². The Morgan fingerprint density at radius 2 is 2.04 bits per heavy atom. The fourth-order valence-electron chi connectivity index (χ4n) is 1.81. The van der Waals surface area contributed by atoms with Crippen molar-refractivity contribution in [1.82, 2.24) is 10.3 Å². The van der Waals surface area contributed by atoms with Crippen molar-refractivity contribution in [2.45, 2.75) is 32.1 Å². The summed E-state index contributed by atoms with van der Waals surface area (Å²) in [5.74, 6) is -6.99. The van der Waals surface area contributed by atoms with Gasteiger partial charge in [0.2, 0.25) is 5.88 Å². The predicted octanol–water partition coefficient (Wildman–Crippen LogP) is 2.59. The van der Waals surface area contributed by atoms with Gasteiger partial charge in [0, 0.05) is 18.8 Å². The van der Waals surface area contributed by atoms with Gasteiger partial charge in [0.15, 0.2) is 6.61 Å². The number of rotatable bonds is 10. The van der Waals surface area contributed by atoms with Crippen molar-refractivity contribution < 1.29 is 37.0 Å². The van der Waals surface area contributed by atoms with Gasteiger partial charge in [-0.05, 0) is 12.5 Å². The van der Waals surface area contributed by atoms with Crippen molar-refractivity contribution in [2.24, 2.45) is 5.92 Å². The van der Waals surface area contributed by atoms with Gasteiger partial charge in [-0.15, -0.1) is 0 Å². The number of amides is 1. The molecule has 1 aromatic heterocycles. The number of pyridine rings is 1. The van der Waals surface area contributed by atoms with Crippen molar-refractivity contribution >= 4 is 11.9 Å². The molecule has 1 heterocycles. The molecule has 0 aliphatic rings. The zero-order valence-corrected chi connectivity index (χ0v) is 13.3. The number of halogens is 4. The van der Waals surface area contributed by atoms with Crippen LogP contribution in [0, 0.1) is 5.92 Å². The highest BCUT2D eigenvalue weighted by Gasteiger charge is 2.41. The number of carboxylic acids is 1. The molecule has 0 saturated heterocycles. The third-order valence-corrected chi connectivity index (χ3v) is 3.23. The summed E-state index contributed by atoms with van der Waals surface area (Å²) in [5.41, 5.74) is 0.0496. The molecular formula is C15H18F4N2O4. The van der Waals surface area contributed by atoms with E-state index >= 15 is 0 Å². The lowest BCUT2D eigenvalue weighted by Gasteiger charge is -2.15. The van der Waals surface area contributed by atoms with Gasteiger partial charge in [-0.2, -0.15) is 8.78 Å². The summed E-state index contributed by atoms with van der Waals surface area (Å²) in [6.07, 6.45) is -1.80. The Morgan fingerprint density at radius 1 is 1.36 bits per heavy atom. The lowest BCUT2D eigenvalue weighted by atomic mass is 10.0. The molecule has 0 saturated carbocycles. The van der Waals surface area contributed by atoms with Gasteiger partial charge in [0.25, 0.3) is 5.91 Å². The summed E-state index contributed by atoms with van der Waals surface area (Å²) < 4.78 is 53.9. The van der Waals surface area contributed by atoms with Gasteiger partial charge < -0.3 is 15.2 Å². The van der Waals surface area contributed by atoms with Crippen LogP contribution in [-0.2, 0) is 4.79 Å². The number of carboxylic acid groups (broad SMARTS) is 1. The molecule has 0 radical (unpaired) electrons.